The number of benzene rings is 2. The Kier molecular flexibility index (Phi) is 11.0. The number of aromatic nitrogens is 8. The summed E-state index contributed by atoms with van der Waals surface area (Å²) in [5, 5.41) is 20.2. The average Bonchev–Trinajstić information content (AvgIpc) is 3.10. The van der Waals surface area contributed by atoms with Crippen LogP contribution in [0.1, 0.15) is 98.7 Å². The minimum absolute atomic E-state index is 0.0377. The molecule has 4 aromatic heterocycles. The Labute approximate surface area is 302 Å². The van der Waals surface area contributed by atoms with Gasteiger partial charge < -0.3 is 20.2 Å². The van der Waals surface area contributed by atoms with Crippen molar-refractivity contribution in [1.29, 1.82) is 0 Å². The summed E-state index contributed by atoms with van der Waals surface area (Å²) in [5.41, 5.74) is 5.70. The normalized spacial score (nSPS) is 12.8. The standard InChI is InChI=1S/2C20H22N4O2/c2*1-12(14-5-7-15(8-6-14)20(3,4)26)16-9-17(22-11-21-16)18-10-19(25)24-13(2)23-18/h2*5-12,26H,1-4H3,(H,23,24,25)/t2*12-/m10/s1. The van der Waals surface area contributed by atoms with E-state index in [0.717, 1.165) is 33.6 Å². The van der Waals surface area contributed by atoms with Crippen LogP contribution in [0.2, 0.25) is 0 Å². The largest absolute Gasteiger partial charge is 0.386 e. The van der Waals surface area contributed by atoms with E-state index >= 15 is 0 Å². The first-order valence-electron chi connectivity index (χ1n) is 16.9. The molecule has 6 aromatic rings. The van der Waals surface area contributed by atoms with E-state index in [-0.39, 0.29) is 23.0 Å². The number of H-pyrrole nitrogens is 2. The monoisotopic (exact) mass is 700 g/mol. The van der Waals surface area contributed by atoms with Gasteiger partial charge >= 0.3 is 0 Å². The molecule has 0 radical (unpaired) electrons. The van der Waals surface area contributed by atoms with Crippen LogP contribution in [-0.2, 0) is 11.2 Å². The molecule has 0 aliphatic carbocycles. The number of aryl methyl sites for hydroxylation is 2. The molecule has 0 bridgehead atoms. The van der Waals surface area contributed by atoms with Gasteiger partial charge in [-0.3, -0.25) is 9.59 Å². The maximum atomic E-state index is 11.7. The summed E-state index contributed by atoms with van der Waals surface area (Å²) in [4.78, 5) is 54.6. The number of nitrogens with one attached hydrogen (secondary N) is 2. The van der Waals surface area contributed by atoms with Crippen LogP contribution >= 0.6 is 0 Å². The van der Waals surface area contributed by atoms with Gasteiger partial charge in [-0.15, -0.1) is 0 Å². The summed E-state index contributed by atoms with van der Waals surface area (Å²) in [6, 6.07) is 22.3. The fourth-order valence-corrected chi connectivity index (χ4v) is 5.62. The highest BCUT2D eigenvalue weighted by atomic mass is 16.3. The second-order valence-corrected chi connectivity index (χ2v) is 13.9. The molecule has 0 saturated heterocycles. The Bertz CT molecular complexity index is 2110. The Balaban J connectivity index is 0.000000201. The SMILES string of the molecule is Cc1nc(-c2cc([C@@H](C)c3ccc(C(C)(C)O)cc3)ncn2)cc(=O)[nH]1.Cc1nc(-c2cc([C@H](C)c3ccc(C(C)(C)O)cc3)ncn2)cc(=O)[nH]1. The molecule has 0 amide bonds. The fourth-order valence-electron chi connectivity index (χ4n) is 5.62. The van der Waals surface area contributed by atoms with Gasteiger partial charge in [0.05, 0.1) is 45.4 Å². The van der Waals surface area contributed by atoms with E-state index in [2.05, 4.69) is 53.7 Å². The van der Waals surface area contributed by atoms with E-state index < -0.39 is 11.2 Å². The van der Waals surface area contributed by atoms with Crippen molar-refractivity contribution in [3.8, 4) is 22.8 Å². The lowest BCUT2D eigenvalue weighted by molar-refractivity contribution is 0.0780. The summed E-state index contributed by atoms with van der Waals surface area (Å²) in [5.74, 6) is 1.16. The van der Waals surface area contributed by atoms with Gasteiger partial charge in [-0.2, -0.15) is 0 Å². The zero-order valence-electron chi connectivity index (χ0n) is 30.6. The van der Waals surface area contributed by atoms with Gasteiger partial charge in [0.1, 0.15) is 24.3 Å². The van der Waals surface area contributed by atoms with Gasteiger partial charge in [-0.05, 0) is 75.9 Å². The van der Waals surface area contributed by atoms with Crippen LogP contribution in [0, 0.1) is 13.8 Å². The third-order valence-electron chi connectivity index (χ3n) is 8.74. The molecular formula is C40H44N8O4. The van der Waals surface area contributed by atoms with Crippen molar-refractivity contribution < 1.29 is 10.2 Å². The van der Waals surface area contributed by atoms with Gasteiger partial charge in [0.15, 0.2) is 0 Å². The van der Waals surface area contributed by atoms with E-state index in [0.29, 0.717) is 34.4 Å². The highest BCUT2D eigenvalue weighted by molar-refractivity contribution is 5.55. The number of hydrogen-bond donors (Lipinski definition) is 4. The lowest BCUT2D eigenvalue weighted by Gasteiger charge is -2.19. The first-order chi connectivity index (χ1) is 24.5. The second kappa shape index (κ2) is 15.3. The van der Waals surface area contributed by atoms with Crippen LogP contribution in [-0.4, -0.2) is 50.1 Å². The molecule has 6 rings (SSSR count). The van der Waals surface area contributed by atoms with Crippen molar-refractivity contribution in [3.63, 3.8) is 0 Å². The number of aromatic amines is 2. The van der Waals surface area contributed by atoms with Crippen LogP contribution in [0.3, 0.4) is 0 Å². The molecular weight excluding hydrogens is 656 g/mol. The van der Waals surface area contributed by atoms with Gasteiger partial charge in [-0.1, -0.05) is 62.4 Å². The van der Waals surface area contributed by atoms with Crippen molar-refractivity contribution in [1.82, 2.24) is 39.9 Å². The molecule has 0 fully saturated rings. The highest BCUT2D eigenvalue weighted by Gasteiger charge is 2.19. The Morgan fingerprint density at radius 3 is 1.19 bits per heavy atom. The summed E-state index contributed by atoms with van der Waals surface area (Å²) >= 11 is 0. The molecule has 0 aliphatic heterocycles. The van der Waals surface area contributed by atoms with Crippen molar-refractivity contribution in [2.45, 2.75) is 78.4 Å². The Hall–Kier alpha value is -5.72. The number of aliphatic hydroxyl groups is 2. The zero-order chi connectivity index (χ0) is 37.8. The lowest BCUT2D eigenvalue weighted by Crippen LogP contribution is -2.15. The number of nitrogens with zero attached hydrogens (tertiary/aromatic N) is 6. The summed E-state index contributed by atoms with van der Waals surface area (Å²) in [6.45, 7) is 14.6. The van der Waals surface area contributed by atoms with E-state index in [4.69, 9.17) is 0 Å². The summed E-state index contributed by atoms with van der Waals surface area (Å²) in [6.07, 6.45) is 2.98. The van der Waals surface area contributed by atoms with E-state index in [1.54, 1.807) is 41.5 Å². The van der Waals surface area contributed by atoms with Gasteiger partial charge in [0.25, 0.3) is 11.1 Å². The molecule has 4 heterocycles. The van der Waals surface area contributed by atoms with Crippen LogP contribution in [0.25, 0.3) is 22.8 Å². The Morgan fingerprint density at radius 1 is 0.538 bits per heavy atom. The third-order valence-corrected chi connectivity index (χ3v) is 8.74. The molecule has 2 aromatic carbocycles. The summed E-state index contributed by atoms with van der Waals surface area (Å²) < 4.78 is 0. The quantitative estimate of drug-likeness (QED) is 0.151. The van der Waals surface area contributed by atoms with Crippen LogP contribution < -0.4 is 11.1 Å². The molecule has 268 valence electrons. The van der Waals surface area contributed by atoms with Crippen molar-refractivity contribution >= 4 is 0 Å². The summed E-state index contributed by atoms with van der Waals surface area (Å²) in [7, 11) is 0. The lowest BCUT2D eigenvalue weighted by atomic mass is 9.92. The minimum Gasteiger partial charge on any atom is -0.386 e. The molecule has 2 atom stereocenters. The predicted octanol–water partition coefficient (Wildman–Crippen LogP) is 5.83. The molecule has 52 heavy (non-hydrogen) atoms. The van der Waals surface area contributed by atoms with Gasteiger partial charge in [-0.25, -0.2) is 29.9 Å². The smallest absolute Gasteiger partial charge is 0.251 e. The van der Waals surface area contributed by atoms with E-state index in [1.807, 2.05) is 60.7 Å². The predicted molar refractivity (Wildman–Crippen MR) is 200 cm³/mol. The number of rotatable bonds is 8. The first kappa shape index (κ1) is 37.5. The maximum Gasteiger partial charge on any atom is 0.251 e. The third kappa shape index (κ3) is 9.33. The fraction of sp³-hybridized carbons (Fsp3) is 0.300. The van der Waals surface area contributed by atoms with Crippen molar-refractivity contribution in [3.05, 3.63) is 151 Å². The number of hydrogen-bond acceptors (Lipinski definition) is 10. The molecule has 12 nitrogen and oxygen atoms in total. The minimum atomic E-state index is -0.867. The zero-order valence-corrected chi connectivity index (χ0v) is 30.6. The molecule has 12 heteroatoms. The second-order valence-electron chi connectivity index (χ2n) is 13.9. The van der Waals surface area contributed by atoms with E-state index in [1.165, 1.54) is 24.8 Å². The maximum absolute atomic E-state index is 11.7. The molecule has 0 saturated carbocycles. The topological polar surface area (TPSA) is 184 Å². The molecule has 0 spiro atoms. The average molecular weight is 701 g/mol. The molecule has 0 unspecified atom stereocenters. The van der Waals surface area contributed by atoms with Gasteiger partial charge in [0, 0.05) is 24.0 Å². The molecule has 0 aliphatic rings. The van der Waals surface area contributed by atoms with Crippen molar-refractivity contribution in [2.24, 2.45) is 0 Å². The molecule has 4 N–H and O–H groups in total. The van der Waals surface area contributed by atoms with Crippen molar-refractivity contribution in [2.75, 3.05) is 0 Å². The highest BCUT2D eigenvalue weighted by Crippen LogP contribution is 2.29. The van der Waals surface area contributed by atoms with E-state index in [9.17, 15) is 19.8 Å². The van der Waals surface area contributed by atoms with Gasteiger partial charge in [0.2, 0.25) is 0 Å². The van der Waals surface area contributed by atoms with Crippen LogP contribution in [0.4, 0.5) is 0 Å². The van der Waals surface area contributed by atoms with Crippen LogP contribution in [0.15, 0.2) is 95.0 Å². The van der Waals surface area contributed by atoms with Crippen LogP contribution in [0.5, 0.6) is 0 Å². The first-order valence-corrected chi connectivity index (χ1v) is 16.9. The Morgan fingerprint density at radius 2 is 0.885 bits per heavy atom.